The van der Waals surface area contributed by atoms with Gasteiger partial charge in [0.25, 0.3) is 0 Å². The molecule has 2 amide bonds. The van der Waals surface area contributed by atoms with E-state index in [1.54, 1.807) is 18.0 Å². The lowest BCUT2D eigenvalue weighted by molar-refractivity contribution is -0.0117. The quantitative estimate of drug-likeness (QED) is 0.747. The van der Waals surface area contributed by atoms with E-state index < -0.39 is 17.7 Å². The second-order valence-electron chi connectivity index (χ2n) is 7.91. The van der Waals surface area contributed by atoms with Crippen LogP contribution in [0.15, 0.2) is 18.3 Å². The lowest BCUT2D eigenvalue weighted by Gasteiger charge is -2.42. The number of aromatic nitrogens is 2. The molecule has 2 aliphatic rings. The van der Waals surface area contributed by atoms with Crippen LogP contribution in [-0.4, -0.2) is 56.7 Å². The molecule has 146 valence electrons. The number of rotatable bonds is 3. The smallest absolute Gasteiger partial charge is 0.317 e. The number of carbonyl (C=O) groups excluding carboxylic acids is 1. The molecule has 3 heterocycles. The minimum Gasteiger partial charge on any atom is -0.392 e. The normalized spacial score (nSPS) is 26.6. The second kappa shape index (κ2) is 6.65. The van der Waals surface area contributed by atoms with E-state index in [9.17, 15) is 15.0 Å². The zero-order valence-corrected chi connectivity index (χ0v) is 16.3. The predicted octanol–water partition coefficient (Wildman–Crippen LogP) is 2.25. The van der Waals surface area contributed by atoms with E-state index in [2.05, 4.69) is 10.4 Å². The number of amides is 2. The lowest BCUT2D eigenvalue weighted by atomic mass is 9.75. The van der Waals surface area contributed by atoms with Crippen LogP contribution in [0.1, 0.15) is 38.4 Å². The van der Waals surface area contributed by atoms with Gasteiger partial charge >= 0.3 is 6.03 Å². The number of benzene rings is 1. The fraction of sp³-hybridized carbons (Fsp3) is 0.579. The Kier molecular flexibility index (Phi) is 4.56. The molecule has 0 bridgehead atoms. The summed E-state index contributed by atoms with van der Waals surface area (Å²) in [5.41, 5.74) is 1.22. The van der Waals surface area contributed by atoms with Crippen molar-refractivity contribution in [3.05, 3.63) is 28.9 Å². The number of aliphatic hydroxyl groups is 2. The molecule has 2 aliphatic heterocycles. The second-order valence-corrected chi connectivity index (χ2v) is 8.35. The zero-order chi connectivity index (χ0) is 19.3. The van der Waals surface area contributed by atoms with E-state index in [1.165, 1.54) is 0 Å². The summed E-state index contributed by atoms with van der Waals surface area (Å²) in [6.45, 7) is 5.16. The largest absolute Gasteiger partial charge is 0.392 e. The summed E-state index contributed by atoms with van der Waals surface area (Å²) in [4.78, 5) is 14.0. The van der Waals surface area contributed by atoms with Crippen molar-refractivity contribution in [3.63, 3.8) is 0 Å². The van der Waals surface area contributed by atoms with Crippen LogP contribution in [-0.2, 0) is 5.54 Å². The van der Waals surface area contributed by atoms with E-state index in [4.69, 9.17) is 11.6 Å². The van der Waals surface area contributed by atoms with E-state index >= 15 is 0 Å². The molecular weight excluding hydrogens is 368 g/mol. The first-order valence-electron chi connectivity index (χ1n) is 9.39. The number of piperidine rings is 1. The van der Waals surface area contributed by atoms with Gasteiger partial charge in [-0.2, -0.15) is 5.10 Å². The number of aliphatic hydroxyl groups excluding tert-OH is 2. The number of hydrogen-bond acceptors (Lipinski definition) is 4. The number of halogens is 1. The summed E-state index contributed by atoms with van der Waals surface area (Å²) in [5, 5.41) is 29.3. The van der Waals surface area contributed by atoms with Crippen LogP contribution in [0.25, 0.3) is 10.9 Å². The van der Waals surface area contributed by atoms with Crippen LogP contribution in [0.2, 0.25) is 5.02 Å². The van der Waals surface area contributed by atoms with Gasteiger partial charge in [0.1, 0.15) is 6.10 Å². The van der Waals surface area contributed by atoms with Gasteiger partial charge in [0.15, 0.2) is 0 Å². The van der Waals surface area contributed by atoms with E-state index in [0.717, 1.165) is 29.3 Å². The standard InChI is InChI=1S/C19H25ClN4O3/c1-11(25)9-21-18(27)23-5-3-13(4-6-23)19(2)17(26)15-8-14(20)7-12-10-22-24(19)16(12)15/h7-8,10-11,13,17,25-26H,3-6,9H2,1-2H3,(H,21,27)/t11-,17-,19?/m1/s1. The van der Waals surface area contributed by atoms with Crippen LogP contribution in [0.4, 0.5) is 4.79 Å². The maximum atomic E-state index is 12.2. The van der Waals surface area contributed by atoms with Gasteiger partial charge in [-0.3, -0.25) is 4.68 Å². The van der Waals surface area contributed by atoms with Crippen molar-refractivity contribution >= 4 is 28.5 Å². The third-order valence-corrected chi connectivity index (χ3v) is 6.34. The molecule has 1 aromatic carbocycles. The van der Waals surface area contributed by atoms with Crippen LogP contribution >= 0.6 is 11.6 Å². The number of nitrogens with one attached hydrogen (secondary N) is 1. The van der Waals surface area contributed by atoms with Crippen molar-refractivity contribution in [1.82, 2.24) is 20.0 Å². The average Bonchev–Trinajstić information content (AvgIpc) is 3.16. The summed E-state index contributed by atoms with van der Waals surface area (Å²) < 4.78 is 1.95. The van der Waals surface area contributed by atoms with Gasteiger partial charge < -0.3 is 20.4 Å². The SMILES string of the molecule is C[C@@H](O)CNC(=O)N1CCC(C2(C)[C@H](O)c3cc(Cl)cc4cnn2c34)CC1. The Hall–Kier alpha value is -1.83. The van der Waals surface area contributed by atoms with Gasteiger partial charge in [0.05, 0.1) is 23.4 Å². The van der Waals surface area contributed by atoms with Crippen molar-refractivity contribution in [2.24, 2.45) is 5.92 Å². The maximum absolute atomic E-state index is 12.2. The highest BCUT2D eigenvalue weighted by Crippen LogP contribution is 2.51. The number of carbonyl (C=O) groups is 1. The van der Waals surface area contributed by atoms with Gasteiger partial charge in [-0.15, -0.1) is 0 Å². The minimum absolute atomic E-state index is 0.150. The molecule has 1 unspecified atom stereocenters. The van der Waals surface area contributed by atoms with Crippen LogP contribution in [0, 0.1) is 5.92 Å². The van der Waals surface area contributed by atoms with Gasteiger partial charge in [-0.05, 0) is 44.7 Å². The first kappa shape index (κ1) is 18.5. The molecule has 7 nitrogen and oxygen atoms in total. The highest BCUT2D eigenvalue weighted by Gasteiger charge is 2.50. The number of likely N-dealkylation sites (tertiary alicyclic amines) is 1. The Labute approximate surface area is 162 Å². The molecule has 0 spiro atoms. The Morgan fingerprint density at radius 3 is 2.81 bits per heavy atom. The van der Waals surface area contributed by atoms with E-state index in [-0.39, 0.29) is 18.5 Å². The molecule has 1 fully saturated rings. The number of urea groups is 1. The molecule has 8 heteroatoms. The molecule has 0 aliphatic carbocycles. The summed E-state index contributed by atoms with van der Waals surface area (Å²) in [6, 6.07) is 3.55. The first-order valence-corrected chi connectivity index (χ1v) is 9.76. The van der Waals surface area contributed by atoms with Crippen LogP contribution in [0.5, 0.6) is 0 Å². The molecule has 4 rings (SSSR count). The Bertz CT molecular complexity index is 875. The monoisotopic (exact) mass is 392 g/mol. The third kappa shape index (κ3) is 2.88. The average molecular weight is 393 g/mol. The van der Waals surface area contributed by atoms with E-state index in [0.29, 0.717) is 18.1 Å². The van der Waals surface area contributed by atoms with Gasteiger partial charge in [-0.1, -0.05) is 11.6 Å². The molecule has 27 heavy (non-hydrogen) atoms. The van der Waals surface area contributed by atoms with E-state index in [1.807, 2.05) is 23.7 Å². The molecule has 1 aromatic heterocycles. The van der Waals surface area contributed by atoms with Crippen molar-refractivity contribution in [1.29, 1.82) is 0 Å². The van der Waals surface area contributed by atoms with Crippen molar-refractivity contribution in [2.45, 2.75) is 44.4 Å². The Balaban J connectivity index is 1.52. The third-order valence-electron chi connectivity index (χ3n) is 6.12. The highest BCUT2D eigenvalue weighted by molar-refractivity contribution is 6.31. The maximum Gasteiger partial charge on any atom is 0.317 e. The molecule has 3 N–H and O–H groups in total. The van der Waals surface area contributed by atoms with Crippen molar-refractivity contribution in [3.8, 4) is 0 Å². The molecular formula is C19H25ClN4O3. The topological polar surface area (TPSA) is 90.6 Å². The molecule has 0 radical (unpaired) electrons. The van der Waals surface area contributed by atoms with Crippen molar-refractivity contribution in [2.75, 3.05) is 19.6 Å². The first-order chi connectivity index (χ1) is 12.8. The molecule has 3 atom stereocenters. The zero-order valence-electron chi connectivity index (χ0n) is 15.5. The summed E-state index contributed by atoms with van der Waals surface area (Å²) in [5.74, 6) is 0.183. The predicted molar refractivity (Wildman–Crippen MR) is 103 cm³/mol. The molecule has 2 aromatic rings. The number of nitrogens with zero attached hydrogens (tertiary/aromatic N) is 3. The fourth-order valence-electron chi connectivity index (χ4n) is 4.58. The fourth-order valence-corrected chi connectivity index (χ4v) is 4.81. The van der Waals surface area contributed by atoms with Crippen LogP contribution in [0.3, 0.4) is 0 Å². The van der Waals surface area contributed by atoms with Gasteiger partial charge in [0, 0.05) is 35.6 Å². The van der Waals surface area contributed by atoms with Gasteiger partial charge in [0.2, 0.25) is 0 Å². The Morgan fingerprint density at radius 1 is 1.44 bits per heavy atom. The summed E-state index contributed by atoms with van der Waals surface area (Å²) in [6.07, 6.45) is 2.11. The number of hydrogen-bond donors (Lipinski definition) is 3. The lowest BCUT2D eigenvalue weighted by Crippen LogP contribution is -2.50. The van der Waals surface area contributed by atoms with Crippen molar-refractivity contribution < 1.29 is 15.0 Å². The van der Waals surface area contributed by atoms with Crippen LogP contribution < -0.4 is 5.32 Å². The minimum atomic E-state index is -0.678. The molecule has 0 saturated carbocycles. The Morgan fingerprint density at radius 2 is 2.15 bits per heavy atom. The summed E-state index contributed by atoms with van der Waals surface area (Å²) in [7, 11) is 0. The molecule has 1 saturated heterocycles. The summed E-state index contributed by atoms with van der Waals surface area (Å²) >= 11 is 6.22. The highest BCUT2D eigenvalue weighted by atomic mass is 35.5. The van der Waals surface area contributed by atoms with Gasteiger partial charge in [-0.25, -0.2) is 4.79 Å².